The maximum Gasteiger partial charge on any atom is 0.407 e. The Morgan fingerprint density at radius 1 is 1.19 bits per heavy atom. The quantitative estimate of drug-likeness (QED) is 0.734. The van der Waals surface area contributed by atoms with Crippen LogP contribution in [0.1, 0.15) is 40.4 Å². The fourth-order valence-corrected chi connectivity index (χ4v) is 2.84. The lowest BCUT2D eigenvalue weighted by atomic mass is 10.2. The number of benzene rings is 1. The minimum Gasteiger partial charge on any atom is -0.477 e. The van der Waals surface area contributed by atoms with E-state index in [-0.39, 0.29) is 12.3 Å². The van der Waals surface area contributed by atoms with Crippen LogP contribution in [0.5, 0.6) is 0 Å². The van der Waals surface area contributed by atoms with Crippen molar-refractivity contribution in [3.05, 3.63) is 71.2 Å². The highest BCUT2D eigenvalue weighted by molar-refractivity contribution is 5.86. The summed E-state index contributed by atoms with van der Waals surface area (Å²) in [7, 11) is 0. The molecular formula is C19H19N3O4. The molecule has 0 fully saturated rings. The van der Waals surface area contributed by atoms with Gasteiger partial charge in [-0.05, 0) is 31.5 Å². The third-order valence-electron chi connectivity index (χ3n) is 4.09. The molecule has 0 bridgehead atoms. The number of nitrogens with one attached hydrogen (secondary N) is 1. The van der Waals surface area contributed by atoms with E-state index in [4.69, 9.17) is 4.74 Å². The number of carboxylic acids is 1. The Hall–Kier alpha value is -3.35. The van der Waals surface area contributed by atoms with Crippen molar-refractivity contribution in [2.24, 2.45) is 0 Å². The minimum absolute atomic E-state index is 0.123. The summed E-state index contributed by atoms with van der Waals surface area (Å²) < 4.78 is 6.78. The summed E-state index contributed by atoms with van der Waals surface area (Å²) in [6.07, 6.45) is -0.559. The van der Waals surface area contributed by atoms with Crippen LogP contribution in [-0.2, 0) is 11.3 Å². The molecular weight excluding hydrogens is 334 g/mol. The van der Waals surface area contributed by atoms with Crippen molar-refractivity contribution >= 4 is 17.7 Å². The summed E-state index contributed by atoms with van der Waals surface area (Å²) in [6.45, 7) is 3.72. The molecule has 7 heteroatoms. The summed E-state index contributed by atoms with van der Waals surface area (Å²) in [5, 5.41) is 12.1. The average Bonchev–Trinajstić information content (AvgIpc) is 2.98. The molecule has 0 aliphatic heterocycles. The van der Waals surface area contributed by atoms with Gasteiger partial charge < -0.3 is 15.2 Å². The van der Waals surface area contributed by atoms with E-state index in [9.17, 15) is 14.7 Å². The Morgan fingerprint density at radius 2 is 1.92 bits per heavy atom. The Bertz CT molecular complexity index is 950. The maximum absolute atomic E-state index is 12.0. The number of hydrogen-bond donors (Lipinski definition) is 2. The molecule has 1 aromatic carbocycles. The highest BCUT2D eigenvalue weighted by atomic mass is 16.5. The van der Waals surface area contributed by atoms with Gasteiger partial charge in [0.1, 0.15) is 17.9 Å². The first-order chi connectivity index (χ1) is 12.5. The summed E-state index contributed by atoms with van der Waals surface area (Å²) >= 11 is 0. The first-order valence-corrected chi connectivity index (χ1v) is 8.16. The molecule has 3 rings (SSSR count). The number of carbonyl (C=O) groups is 2. The number of alkyl carbamates (subject to hydrolysis) is 1. The number of imidazole rings is 1. The van der Waals surface area contributed by atoms with Gasteiger partial charge >= 0.3 is 12.1 Å². The number of rotatable bonds is 5. The van der Waals surface area contributed by atoms with E-state index in [2.05, 4.69) is 10.3 Å². The second kappa shape index (κ2) is 7.26. The molecule has 26 heavy (non-hydrogen) atoms. The second-order valence-electron chi connectivity index (χ2n) is 5.92. The molecule has 0 unspecified atom stereocenters. The van der Waals surface area contributed by atoms with Crippen molar-refractivity contribution in [1.82, 2.24) is 14.7 Å². The Labute approximate surface area is 150 Å². The lowest BCUT2D eigenvalue weighted by molar-refractivity contribution is 0.0688. The van der Waals surface area contributed by atoms with Crippen LogP contribution in [0.2, 0.25) is 0 Å². The van der Waals surface area contributed by atoms with Crippen LogP contribution in [-0.4, -0.2) is 26.6 Å². The van der Waals surface area contributed by atoms with E-state index in [1.54, 1.807) is 30.4 Å². The van der Waals surface area contributed by atoms with Gasteiger partial charge in [0, 0.05) is 5.69 Å². The van der Waals surface area contributed by atoms with E-state index >= 15 is 0 Å². The number of aromatic nitrogens is 2. The number of carbonyl (C=O) groups excluding carboxylic acids is 1. The number of nitrogens with zero attached hydrogens (tertiary/aromatic N) is 2. The van der Waals surface area contributed by atoms with Gasteiger partial charge in [-0.1, -0.05) is 36.4 Å². The number of hydrogen-bond acceptors (Lipinski definition) is 4. The molecule has 0 aliphatic carbocycles. The Balaban J connectivity index is 1.74. The zero-order valence-corrected chi connectivity index (χ0v) is 14.5. The van der Waals surface area contributed by atoms with Gasteiger partial charge in [-0.2, -0.15) is 0 Å². The van der Waals surface area contributed by atoms with E-state index in [0.29, 0.717) is 17.0 Å². The van der Waals surface area contributed by atoms with Gasteiger partial charge in [0.25, 0.3) is 0 Å². The molecule has 0 spiro atoms. The molecule has 0 saturated heterocycles. The largest absolute Gasteiger partial charge is 0.477 e. The number of amides is 1. The van der Waals surface area contributed by atoms with Crippen LogP contribution in [0.3, 0.4) is 0 Å². The van der Waals surface area contributed by atoms with Crippen molar-refractivity contribution in [3.8, 4) is 0 Å². The van der Waals surface area contributed by atoms with Crippen molar-refractivity contribution < 1.29 is 19.4 Å². The third kappa shape index (κ3) is 3.51. The monoisotopic (exact) mass is 353 g/mol. The summed E-state index contributed by atoms with van der Waals surface area (Å²) in [4.78, 5) is 27.9. The fourth-order valence-electron chi connectivity index (χ4n) is 2.84. The summed E-state index contributed by atoms with van der Waals surface area (Å²) in [5.41, 5.74) is 2.79. The van der Waals surface area contributed by atoms with Crippen LogP contribution in [0.25, 0.3) is 5.65 Å². The molecule has 0 saturated carbocycles. The maximum atomic E-state index is 12.0. The smallest absolute Gasteiger partial charge is 0.407 e. The van der Waals surface area contributed by atoms with E-state index < -0.39 is 18.1 Å². The minimum atomic E-state index is -1.04. The molecule has 3 aromatic rings. The van der Waals surface area contributed by atoms with Crippen LogP contribution >= 0.6 is 0 Å². The molecule has 0 aliphatic rings. The van der Waals surface area contributed by atoms with Gasteiger partial charge in [0.05, 0.1) is 11.7 Å². The van der Waals surface area contributed by atoms with Crippen LogP contribution in [0.15, 0.2) is 48.5 Å². The second-order valence-corrected chi connectivity index (χ2v) is 5.92. The van der Waals surface area contributed by atoms with Crippen LogP contribution in [0.4, 0.5) is 4.79 Å². The first-order valence-electron chi connectivity index (χ1n) is 8.16. The highest BCUT2D eigenvalue weighted by Gasteiger charge is 2.20. The highest BCUT2D eigenvalue weighted by Crippen LogP contribution is 2.20. The van der Waals surface area contributed by atoms with Gasteiger partial charge in [-0.3, -0.25) is 4.40 Å². The fraction of sp³-hybridized carbons (Fsp3) is 0.211. The molecule has 2 N–H and O–H groups in total. The molecule has 134 valence electrons. The van der Waals surface area contributed by atoms with Crippen molar-refractivity contribution in [2.75, 3.05) is 0 Å². The number of carboxylic acid groups (broad SMARTS) is 1. The number of ether oxygens (including phenoxy) is 1. The van der Waals surface area contributed by atoms with E-state index in [1.807, 2.05) is 30.3 Å². The SMILES string of the molecule is Cc1c([C@H](C)NC(=O)OCc2ccccc2)nc2cccc(C(=O)O)n12. The Morgan fingerprint density at radius 3 is 2.62 bits per heavy atom. The molecule has 1 atom stereocenters. The standard InChI is InChI=1S/C19H19N3O4/c1-12(20-19(25)26-11-14-7-4-3-5-8-14)17-13(2)22-15(18(23)24)9-6-10-16(22)21-17/h3-10,12H,11H2,1-2H3,(H,20,25)(H,23,24)/t12-/m0/s1. The van der Waals surface area contributed by atoms with Crippen LogP contribution < -0.4 is 5.32 Å². The number of aromatic carboxylic acids is 1. The average molecular weight is 353 g/mol. The van der Waals surface area contributed by atoms with Crippen molar-refractivity contribution in [1.29, 1.82) is 0 Å². The van der Waals surface area contributed by atoms with E-state index in [1.165, 1.54) is 6.07 Å². The van der Waals surface area contributed by atoms with E-state index in [0.717, 1.165) is 5.56 Å². The topological polar surface area (TPSA) is 92.9 Å². The third-order valence-corrected chi connectivity index (χ3v) is 4.09. The molecule has 2 heterocycles. The predicted octanol–water partition coefficient (Wildman–Crippen LogP) is 3.33. The van der Waals surface area contributed by atoms with Gasteiger partial charge in [0.2, 0.25) is 0 Å². The summed E-state index contributed by atoms with van der Waals surface area (Å²) in [5.74, 6) is -1.04. The molecule has 7 nitrogen and oxygen atoms in total. The first kappa shape index (κ1) is 17.5. The number of fused-ring (bicyclic) bond motifs is 1. The van der Waals surface area contributed by atoms with Crippen LogP contribution in [0, 0.1) is 6.92 Å². The summed E-state index contributed by atoms with van der Waals surface area (Å²) in [6, 6.07) is 13.8. The number of aryl methyl sites for hydroxylation is 1. The zero-order chi connectivity index (χ0) is 18.7. The van der Waals surface area contributed by atoms with Gasteiger partial charge in [0.15, 0.2) is 0 Å². The molecule has 0 radical (unpaired) electrons. The van der Waals surface area contributed by atoms with Crippen molar-refractivity contribution in [3.63, 3.8) is 0 Å². The van der Waals surface area contributed by atoms with Gasteiger partial charge in [-0.25, -0.2) is 14.6 Å². The molecule has 2 aromatic heterocycles. The van der Waals surface area contributed by atoms with Crippen molar-refractivity contribution in [2.45, 2.75) is 26.5 Å². The zero-order valence-electron chi connectivity index (χ0n) is 14.5. The lowest BCUT2D eigenvalue weighted by Crippen LogP contribution is -2.28. The van der Waals surface area contributed by atoms with Gasteiger partial charge in [-0.15, -0.1) is 0 Å². The molecule has 1 amide bonds. The predicted molar refractivity (Wildman–Crippen MR) is 95.1 cm³/mol. The normalized spacial score (nSPS) is 11.9. The number of pyridine rings is 1. The lowest BCUT2D eigenvalue weighted by Gasteiger charge is -2.13. The Kier molecular flexibility index (Phi) is 4.88.